The van der Waals surface area contributed by atoms with Gasteiger partial charge in [-0.05, 0) is 24.1 Å². The fraction of sp³-hybridized carbons (Fsp3) is 0.227. The molecule has 0 saturated carbocycles. The quantitative estimate of drug-likeness (QED) is 0.553. The summed E-state index contributed by atoms with van der Waals surface area (Å²) in [5.41, 5.74) is 4.13. The summed E-state index contributed by atoms with van der Waals surface area (Å²) < 4.78 is 1.62. The molecule has 0 aliphatic carbocycles. The summed E-state index contributed by atoms with van der Waals surface area (Å²) in [5.74, 6) is 0.762. The molecule has 1 atom stereocenters. The van der Waals surface area contributed by atoms with Crippen molar-refractivity contribution < 1.29 is 4.79 Å². The van der Waals surface area contributed by atoms with E-state index in [4.69, 9.17) is 0 Å². The molecular formula is C22H23N5O. The van der Waals surface area contributed by atoms with E-state index in [1.54, 1.807) is 11.7 Å². The van der Waals surface area contributed by atoms with E-state index in [1.807, 2.05) is 60.7 Å². The molecule has 0 aliphatic heterocycles. The molecule has 0 saturated heterocycles. The first-order valence-electron chi connectivity index (χ1n) is 9.38. The van der Waals surface area contributed by atoms with Crippen molar-refractivity contribution in [2.45, 2.75) is 19.9 Å². The van der Waals surface area contributed by atoms with Gasteiger partial charge < -0.3 is 10.3 Å². The number of hydrogen-bond donors (Lipinski definition) is 2. The molecule has 0 fully saturated rings. The van der Waals surface area contributed by atoms with Crippen molar-refractivity contribution in [3.8, 4) is 11.3 Å². The molecule has 2 aromatic carbocycles. The van der Waals surface area contributed by atoms with Gasteiger partial charge in [0.1, 0.15) is 11.5 Å². The van der Waals surface area contributed by atoms with E-state index >= 15 is 0 Å². The normalized spacial score (nSPS) is 12.4. The number of carbonyl (C=O) groups excluding carboxylic acids is 1. The standard InChI is InChI=1S/C22H23N5O/c1-14(2)20(21-23-16-11-7-8-12-17(16)24-21)25-22(28)19-13-18(26-27(19)3)15-9-5-4-6-10-15/h4-14,20H,1-3H3,(H,23,24)(H,25,28)/t20-/m0/s1. The van der Waals surface area contributed by atoms with E-state index in [9.17, 15) is 4.79 Å². The van der Waals surface area contributed by atoms with Gasteiger partial charge in [-0.3, -0.25) is 9.48 Å². The maximum atomic E-state index is 13.0. The molecule has 0 radical (unpaired) electrons. The Balaban J connectivity index is 1.61. The fourth-order valence-corrected chi connectivity index (χ4v) is 3.32. The highest BCUT2D eigenvalue weighted by atomic mass is 16.2. The zero-order chi connectivity index (χ0) is 19.7. The van der Waals surface area contributed by atoms with Crippen molar-refractivity contribution in [2.75, 3.05) is 0 Å². The Morgan fingerprint density at radius 3 is 2.50 bits per heavy atom. The van der Waals surface area contributed by atoms with E-state index in [-0.39, 0.29) is 17.9 Å². The Labute approximate surface area is 163 Å². The van der Waals surface area contributed by atoms with Gasteiger partial charge in [-0.15, -0.1) is 0 Å². The predicted octanol–water partition coefficient (Wildman–Crippen LogP) is 4.09. The number of nitrogens with one attached hydrogen (secondary N) is 2. The Kier molecular flexibility index (Phi) is 4.69. The van der Waals surface area contributed by atoms with Crippen LogP contribution in [0, 0.1) is 5.92 Å². The Morgan fingerprint density at radius 1 is 1.07 bits per heavy atom. The van der Waals surface area contributed by atoms with Crippen molar-refractivity contribution in [3.63, 3.8) is 0 Å². The lowest BCUT2D eigenvalue weighted by Crippen LogP contribution is -2.33. The second kappa shape index (κ2) is 7.31. The third-order valence-corrected chi connectivity index (χ3v) is 4.84. The minimum Gasteiger partial charge on any atom is -0.341 e. The number of rotatable bonds is 5. The first-order valence-corrected chi connectivity index (χ1v) is 9.38. The van der Waals surface area contributed by atoms with Crippen LogP contribution in [-0.2, 0) is 7.05 Å². The van der Waals surface area contributed by atoms with Crippen LogP contribution < -0.4 is 5.32 Å². The predicted molar refractivity (Wildman–Crippen MR) is 110 cm³/mol. The summed E-state index contributed by atoms with van der Waals surface area (Å²) in [7, 11) is 1.78. The van der Waals surface area contributed by atoms with Crippen LogP contribution in [0.15, 0.2) is 60.7 Å². The number of aromatic amines is 1. The van der Waals surface area contributed by atoms with Crippen LogP contribution in [0.25, 0.3) is 22.3 Å². The molecule has 142 valence electrons. The summed E-state index contributed by atoms with van der Waals surface area (Å²) >= 11 is 0. The number of hydrogen-bond acceptors (Lipinski definition) is 3. The van der Waals surface area contributed by atoms with Crippen molar-refractivity contribution in [3.05, 3.63) is 72.2 Å². The molecule has 1 amide bonds. The average Bonchev–Trinajstić information content (AvgIpc) is 3.29. The largest absolute Gasteiger partial charge is 0.341 e. The SMILES string of the molecule is CC(C)[C@H](NC(=O)c1cc(-c2ccccc2)nn1C)c1nc2ccccc2[nH]1. The van der Waals surface area contributed by atoms with Crippen LogP contribution in [0.1, 0.15) is 36.2 Å². The summed E-state index contributed by atoms with van der Waals surface area (Å²) in [6.07, 6.45) is 0. The molecule has 2 aromatic heterocycles. The Bertz CT molecular complexity index is 1080. The highest BCUT2D eigenvalue weighted by molar-refractivity contribution is 5.94. The molecule has 0 bridgehead atoms. The topological polar surface area (TPSA) is 75.6 Å². The van der Waals surface area contributed by atoms with Crippen LogP contribution in [-0.4, -0.2) is 25.7 Å². The van der Waals surface area contributed by atoms with Gasteiger partial charge in [0.05, 0.1) is 22.8 Å². The minimum atomic E-state index is -0.227. The number of carbonyl (C=O) groups is 1. The number of nitrogens with zero attached hydrogens (tertiary/aromatic N) is 3. The molecular weight excluding hydrogens is 350 g/mol. The van der Waals surface area contributed by atoms with E-state index in [1.165, 1.54) is 0 Å². The lowest BCUT2D eigenvalue weighted by Gasteiger charge is -2.20. The lowest BCUT2D eigenvalue weighted by atomic mass is 10.0. The number of aryl methyl sites for hydroxylation is 1. The van der Waals surface area contributed by atoms with Crippen molar-refractivity contribution in [1.82, 2.24) is 25.1 Å². The second-order valence-corrected chi connectivity index (χ2v) is 7.24. The maximum Gasteiger partial charge on any atom is 0.270 e. The van der Waals surface area contributed by atoms with Crippen molar-refractivity contribution in [2.24, 2.45) is 13.0 Å². The van der Waals surface area contributed by atoms with E-state index in [2.05, 4.69) is 34.2 Å². The van der Waals surface area contributed by atoms with Crippen LogP contribution in [0.3, 0.4) is 0 Å². The van der Waals surface area contributed by atoms with Gasteiger partial charge in [-0.25, -0.2) is 4.98 Å². The smallest absolute Gasteiger partial charge is 0.270 e. The second-order valence-electron chi connectivity index (χ2n) is 7.24. The van der Waals surface area contributed by atoms with Gasteiger partial charge in [0, 0.05) is 12.6 Å². The van der Waals surface area contributed by atoms with Gasteiger partial charge in [0.25, 0.3) is 5.91 Å². The van der Waals surface area contributed by atoms with E-state index < -0.39 is 0 Å². The Morgan fingerprint density at radius 2 is 1.79 bits per heavy atom. The number of benzene rings is 2. The van der Waals surface area contributed by atoms with E-state index in [0.717, 1.165) is 28.1 Å². The van der Waals surface area contributed by atoms with Crippen LogP contribution >= 0.6 is 0 Å². The van der Waals surface area contributed by atoms with E-state index in [0.29, 0.717) is 5.69 Å². The number of para-hydroxylation sites is 2. The van der Waals surface area contributed by atoms with Crippen molar-refractivity contribution >= 4 is 16.9 Å². The molecule has 0 aliphatic rings. The monoisotopic (exact) mass is 373 g/mol. The highest BCUT2D eigenvalue weighted by Gasteiger charge is 2.24. The molecule has 4 rings (SSSR count). The average molecular weight is 373 g/mol. The summed E-state index contributed by atoms with van der Waals surface area (Å²) in [6.45, 7) is 4.13. The van der Waals surface area contributed by atoms with Crippen molar-refractivity contribution in [1.29, 1.82) is 0 Å². The lowest BCUT2D eigenvalue weighted by molar-refractivity contribution is 0.0913. The molecule has 2 heterocycles. The van der Waals surface area contributed by atoms with Gasteiger partial charge in [-0.2, -0.15) is 5.10 Å². The number of amides is 1. The molecule has 6 heteroatoms. The summed E-state index contributed by atoms with van der Waals surface area (Å²) in [4.78, 5) is 21.0. The summed E-state index contributed by atoms with van der Waals surface area (Å²) in [6, 6.07) is 19.3. The molecule has 0 unspecified atom stereocenters. The number of fused-ring (bicyclic) bond motifs is 1. The van der Waals surface area contributed by atoms with Gasteiger partial charge in [0.2, 0.25) is 0 Å². The molecule has 2 N–H and O–H groups in total. The molecule has 0 spiro atoms. The number of H-pyrrole nitrogens is 1. The molecule has 6 nitrogen and oxygen atoms in total. The fourth-order valence-electron chi connectivity index (χ4n) is 3.32. The zero-order valence-corrected chi connectivity index (χ0v) is 16.2. The van der Waals surface area contributed by atoms with Crippen LogP contribution in [0.5, 0.6) is 0 Å². The third kappa shape index (κ3) is 3.41. The third-order valence-electron chi connectivity index (χ3n) is 4.84. The summed E-state index contributed by atoms with van der Waals surface area (Å²) in [5, 5.41) is 7.62. The number of aromatic nitrogens is 4. The number of imidazole rings is 1. The van der Waals surface area contributed by atoms with Crippen LogP contribution in [0.4, 0.5) is 0 Å². The van der Waals surface area contributed by atoms with Gasteiger partial charge in [-0.1, -0.05) is 56.3 Å². The zero-order valence-electron chi connectivity index (χ0n) is 16.2. The Hall–Kier alpha value is -3.41. The van der Waals surface area contributed by atoms with Gasteiger partial charge >= 0.3 is 0 Å². The molecule has 4 aromatic rings. The first-order chi connectivity index (χ1) is 13.5. The molecule has 28 heavy (non-hydrogen) atoms. The minimum absolute atomic E-state index is 0.170. The highest BCUT2D eigenvalue weighted by Crippen LogP contribution is 2.24. The first kappa shape index (κ1) is 18.0. The van der Waals surface area contributed by atoms with Gasteiger partial charge in [0.15, 0.2) is 0 Å². The van der Waals surface area contributed by atoms with Crippen LogP contribution in [0.2, 0.25) is 0 Å². The maximum absolute atomic E-state index is 13.0.